The number of benzene rings is 1. The van der Waals surface area contributed by atoms with E-state index in [1.807, 2.05) is 64.1 Å². The largest absolute Gasteiger partial charge is 0.444 e. The van der Waals surface area contributed by atoms with Crippen molar-refractivity contribution in [3.05, 3.63) is 47.8 Å². The van der Waals surface area contributed by atoms with Crippen molar-refractivity contribution in [3.8, 4) is 5.82 Å². The van der Waals surface area contributed by atoms with E-state index in [1.54, 1.807) is 9.58 Å². The highest BCUT2D eigenvalue weighted by molar-refractivity contribution is 5.79. The number of carbonyl (C=O) groups is 1. The zero-order chi connectivity index (χ0) is 19.2. The van der Waals surface area contributed by atoms with Gasteiger partial charge in [0.15, 0.2) is 5.82 Å². The van der Waals surface area contributed by atoms with Crippen molar-refractivity contribution in [1.82, 2.24) is 24.9 Å². The van der Waals surface area contributed by atoms with Gasteiger partial charge in [0, 0.05) is 18.4 Å². The van der Waals surface area contributed by atoms with Gasteiger partial charge in [0.25, 0.3) is 0 Å². The average Bonchev–Trinajstić information content (AvgIpc) is 3.05. The minimum Gasteiger partial charge on any atom is -0.444 e. The quantitative estimate of drug-likeness (QED) is 0.658. The molecule has 0 spiro atoms. The smallest absolute Gasteiger partial charge is 0.410 e. The molecule has 1 amide bonds. The molecule has 2 aromatic heterocycles. The van der Waals surface area contributed by atoms with Crippen molar-refractivity contribution >= 4 is 17.0 Å². The summed E-state index contributed by atoms with van der Waals surface area (Å²) in [6, 6.07) is 11.8. The molecular formula is C20H23N5O2. The van der Waals surface area contributed by atoms with E-state index in [0.717, 1.165) is 28.1 Å². The van der Waals surface area contributed by atoms with Crippen molar-refractivity contribution < 1.29 is 9.53 Å². The maximum Gasteiger partial charge on any atom is 0.410 e. The molecule has 1 aromatic carbocycles. The van der Waals surface area contributed by atoms with Gasteiger partial charge in [-0.3, -0.25) is 4.90 Å². The first kappa shape index (κ1) is 17.5. The van der Waals surface area contributed by atoms with Crippen molar-refractivity contribution in [2.45, 2.75) is 45.8 Å². The second-order valence-electron chi connectivity index (χ2n) is 7.80. The van der Waals surface area contributed by atoms with Crippen LogP contribution in [0.3, 0.4) is 0 Å². The normalized spacial score (nSPS) is 17.0. The SMILES string of the molecule is CC1c2nnn(-c3ccc4ccccc4n3)c2CCN1C(=O)OC(C)(C)C. The van der Waals surface area contributed by atoms with Gasteiger partial charge >= 0.3 is 6.09 Å². The van der Waals surface area contributed by atoms with Gasteiger partial charge in [0.1, 0.15) is 11.3 Å². The lowest BCUT2D eigenvalue weighted by molar-refractivity contribution is 0.0154. The standard InChI is InChI=1S/C20H23N5O2/c1-13-18-16(11-12-24(13)19(26)27-20(2,3)4)25(23-22-18)17-10-9-14-7-5-6-8-15(14)21-17/h5-10,13H,11-12H2,1-4H3. The lowest BCUT2D eigenvalue weighted by atomic mass is 10.0. The summed E-state index contributed by atoms with van der Waals surface area (Å²) in [4.78, 5) is 18.9. The summed E-state index contributed by atoms with van der Waals surface area (Å²) < 4.78 is 7.30. The van der Waals surface area contributed by atoms with Gasteiger partial charge < -0.3 is 4.74 Å². The van der Waals surface area contributed by atoms with Crippen LogP contribution in [0.2, 0.25) is 0 Å². The number of nitrogens with zero attached hydrogens (tertiary/aromatic N) is 5. The lowest BCUT2D eigenvalue weighted by Gasteiger charge is -2.34. The van der Waals surface area contributed by atoms with E-state index >= 15 is 0 Å². The highest BCUT2D eigenvalue weighted by Crippen LogP contribution is 2.30. The van der Waals surface area contributed by atoms with Crippen LogP contribution in [-0.2, 0) is 11.2 Å². The number of ether oxygens (including phenoxy) is 1. The van der Waals surface area contributed by atoms with E-state index in [2.05, 4.69) is 10.3 Å². The second-order valence-corrected chi connectivity index (χ2v) is 7.80. The molecule has 0 N–H and O–H groups in total. The monoisotopic (exact) mass is 365 g/mol. The third-order valence-electron chi connectivity index (χ3n) is 4.67. The van der Waals surface area contributed by atoms with Crippen molar-refractivity contribution in [2.75, 3.05) is 6.54 Å². The number of rotatable bonds is 1. The summed E-state index contributed by atoms with van der Waals surface area (Å²) in [5.74, 6) is 0.736. The molecule has 3 heterocycles. The Morgan fingerprint density at radius 3 is 2.74 bits per heavy atom. The van der Waals surface area contributed by atoms with Crippen molar-refractivity contribution in [2.24, 2.45) is 0 Å². The van der Waals surface area contributed by atoms with Crippen molar-refractivity contribution in [1.29, 1.82) is 0 Å². The van der Waals surface area contributed by atoms with Gasteiger partial charge in [-0.15, -0.1) is 5.10 Å². The minimum atomic E-state index is -0.524. The fourth-order valence-electron chi connectivity index (χ4n) is 3.37. The molecule has 0 aliphatic carbocycles. The van der Waals surface area contributed by atoms with Crippen LogP contribution in [-0.4, -0.2) is 43.1 Å². The maximum absolute atomic E-state index is 12.5. The number of hydrogen-bond donors (Lipinski definition) is 0. The Kier molecular flexibility index (Phi) is 4.09. The number of amides is 1. The zero-order valence-electron chi connectivity index (χ0n) is 16.0. The fourth-order valence-corrected chi connectivity index (χ4v) is 3.37. The molecule has 1 atom stereocenters. The second kappa shape index (κ2) is 6.33. The van der Waals surface area contributed by atoms with Gasteiger partial charge in [-0.05, 0) is 45.9 Å². The highest BCUT2D eigenvalue weighted by atomic mass is 16.6. The molecule has 27 heavy (non-hydrogen) atoms. The zero-order valence-corrected chi connectivity index (χ0v) is 16.0. The molecular weight excluding hydrogens is 342 g/mol. The predicted molar refractivity (Wildman–Crippen MR) is 102 cm³/mol. The molecule has 1 aliphatic rings. The third-order valence-corrected chi connectivity index (χ3v) is 4.67. The van der Waals surface area contributed by atoms with Crippen LogP contribution in [0, 0.1) is 0 Å². The average molecular weight is 365 g/mol. The maximum atomic E-state index is 12.5. The van der Waals surface area contributed by atoms with Crippen LogP contribution in [0.5, 0.6) is 0 Å². The van der Waals surface area contributed by atoms with Crippen LogP contribution in [0.1, 0.15) is 45.1 Å². The Bertz CT molecular complexity index is 1010. The number of pyridine rings is 1. The first-order chi connectivity index (χ1) is 12.8. The molecule has 7 nitrogen and oxygen atoms in total. The van der Waals surface area contributed by atoms with E-state index in [0.29, 0.717) is 13.0 Å². The van der Waals surface area contributed by atoms with Gasteiger partial charge in [0.05, 0.1) is 17.3 Å². The van der Waals surface area contributed by atoms with Gasteiger partial charge in [-0.2, -0.15) is 4.68 Å². The summed E-state index contributed by atoms with van der Waals surface area (Å²) in [5, 5.41) is 9.75. The summed E-state index contributed by atoms with van der Waals surface area (Å²) in [6.45, 7) is 8.12. The van der Waals surface area contributed by atoms with Gasteiger partial charge in [0.2, 0.25) is 0 Å². The van der Waals surface area contributed by atoms with E-state index in [1.165, 1.54) is 0 Å². The lowest BCUT2D eigenvalue weighted by Crippen LogP contribution is -2.42. The van der Waals surface area contributed by atoms with E-state index in [-0.39, 0.29) is 12.1 Å². The number of hydrogen-bond acceptors (Lipinski definition) is 5. The summed E-state index contributed by atoms with van der Waals surface area (Å²) >= 11 is 0. The number of aromatic nitrogens is 4. The summed E-state index contributed by atoms with van der Waals surface area (Å²) in [5.41, 5.74) is 2.18. The third kappa shape index (κ3) is 3.25. The molecule has 0 bridgehead atoms. The Labute approximate surface area is 157 Å². The minimum absolute atomic E-state index is 0.196. The van der Waals surface area contributed by atoms with Crippen LogP contribution in [0.25, 0.3) is 16.7 Å². The molecule has 140 valence electrons. The number of fused-ring (bicyclic) bond motifs is 2. The molecule has 0 saturated carbocycles. The number of carbonyl (C=O) groups excluding carboxylic acids is 1. The topological polar surface area (TPSA) is 73.1 Å². The van der Waals surface area contributed by atoms with Gasteiger partial charge in [-0.25, -0.2) is 9.78 Å². The van der Waals surface area contributed by atoms with Gasteiger partial charge in [-0.1, -0.05) is 23.4 Å². The fraction of sp³-hybridized carbons (Fsp3) is 0.400. The molecule has 3 aromatic rings. The van der Waals surface area contributed by atoms with Crippen molar-refractivity contribution in [3.63, 3.8) is 0 Å². The Balaban J connectivity index is 1.65. The predicted octanol–water partition coefficient (Wildman–Crippen LogP) is 3.67. The molecule has 1 aliphatic heterocycles. The Morgan fingerprint density at radius 1 is 1.19 bits per heavy atom. The first-order valence-electron chi connectivity index (χ1n) is 9.14. The van der Waals surface area contributed by atoms with E-state index in [4.69, 9.17) is 9.72 Å². The summed E-state index contributed by atoms with van der Waals surface area (Å²) in [6.07, 6.45) is 0.333. The number of para-hydroxylation sites is 1. The molecule has 0 fully saturated rings. The van der Waals surface area contributed by atoms with E-state index < -0.39 is 5.60 Å². The van der Waals surface area contributed by atoms with E-state index in [9.17, 15) is 4.79 Å². The van der Waals surface area contributed by atoms with Crippen LogP contribution < -0.4 is 0 Å². The van der Waals surface area contributed by atoms with Crippen LogP contribution in [0.4, 0.5) is 4.79 Å². The summed E-state index contributed by atoms with van der Waals surface area (Å²) in [7, 11) is 0. The Hall–Kier alpha value is -2.96. The first-order valence-corrected chi connectivity index (χ1v) is 9.14. The Morgan fingerprint density at radius 2 is 1.96 bits per heavy atom. The van der Waals surface area contributed by atoms with Crippen LogP contribution in [0.15, 0.2) is 36.4 Å². The highest BCUT2D eigenvalue weighted by Gasteiger charge is 2.34. The molecule has 0 saturated heterocycles. The molecule has 7 heteroatoms. The van der Waals surface area contributed by atoms with Crippen LogP contribution >= 0.6 is 0 Å². The molecule has 0 radical (unpaired) electrons. The molecule has 1 unspecified atom stereocenters. The molecule has 4 rings (SSSR count).